The van der Waals surface area contributed by atoms with Crippen molar-refractivity contribution >= 4 is 27.3 Å². The van der Waals surface area contributed by atoms with Crippen LogP contribution in [0.15, 0.2) is 78.9 Å². The first-order chi connectivity index (χ1) is 13.0. The number of hydrogen-bond donors (Lipinski definition) is 0. The summed E-state index contributed by atoms with van der Waals surface area (Å²) in [6.45, 7) is 0. The molecule has 3 aromatic carbocycles. The summed E-state index contributed by atoms with van der Waals surface area (Å²) in [7, 11) is 0. The van der Waals surface area contributed by atoms with E-state index in [0.29, 0.717) is 16.7 Å². The van der Waals surface area contributed by atoms with E-state index in [0.717, 1.165) is 34.1 Å². The van der Waals surface area contributed by atoms with Gasteiger partial charge in [-0.3, -0.25) is 4.40 Å². The van der Waals surface area contributed by atoms with Crippen LogP contribution in [0.25, 0.3) is 38.7 Å². The van der Waals surface area contributed by atoms with Crippen molar-refractivity contribution < 1.29 is 13.2 Å². The number of alkyl halides is 3. The molecule has 0 aliphatic rings. The van der Waals surface area contributed by atoms with Gasteiger partial charge in [0.1, 0.15) is 5.82 Å². The second kappa shape index (κ2) is 5.58. The normalized spacial score (nSPS) is 12.3. The van der Waals surface area contributed by atoms with E-state index in [4.69, 9.17) is 0 Å². The Bertz CT molecular complexity index is 1300. The zero-order valence-corrected chi connectivity index (χ0v) is 14.0. The van der Waals surface area contributed by atoms with Crippen molar-refractivity contribution in [3.63, 3.8) is 0 Å². The van der Waals surface area contributed by atoms with Crippen molar-refractivity contribution in [3.05, 3.63) is 84.4 Å². The van der Waals surface area contributed by atoms with Crippen LogP contribution >= 0.6 is 0 Å². The topological polar surface area (TPSA) is 17.3 Å². The van der Waals surface area contributed by atoms with E-state index < -0.39 is 11.7 Å². The molecule has 0 bridgehead atoms. The zero-order valence-electron chi connectivity index (χ0n) is 14.0. The highest BCUT2D eigenvalue weighted by Gasteiger charge is 2.31. The number of rotatable bonds is 1. The lowest BCUT2D eigenvalue weighted by molar-refractivity contribution is -0.137. The minimum Gasteiger partial charge on any atom is -0.293 e. The molecule has 0 saturated heterocycles. The molecule has 5 aromatic rings. The van der Waals surface area contributed by atoms with E-state index in [1.807, 2.05) is 65.1 Å². The Balaban J connectivity index is 1.97. The molecular weight excluding hydrogens is 349 g/mol. The largest absolute Gasteiger partial charge is 0.416 e. The molecule has 2 aromatic heterocycles. The molecule has 2 nitrogen and oxygen atoms in total. The summed E-state index contributed by atoms with van der Waals surface area (Å²) in [5.41, 5.74) is 2.30. The maximum absolute atomic E-state index is 13.2. The van der Waals surface area contributed by atoms with Gasteiger partial charge in [-0.25, -0.2) is 4.98 Å². The Labute approximate surface area is 152 Å². The number of nitrogens with zero attached hydrogens (tertiary/aromatic N) is 2. The highest BCUT2D eigenvalue weighted by molar-refractivity contribution is 6.02. The average molecular weight is 362 g/mol. The molecule has 0 N–H and O–H groups in total. The Morgan fingerprint density at radius 3 is 2.26 bits per heavy atom. The molecule has 5 heteroatoms. The predicted molar refractivity (Wildman–Crippen MR) is 101 cm³/mol. The van der Waals surface area contributed by atoms with Gasteiger partial charge in [0.2, 0.25) is 0 Å². The summed E-state index contributed by atoms with van der Waals surface area (Å²) < 4.78 is 41.6. The third-order valence-electron chi connectivity index (χ3n) is 4.78. The van der Waals surface area contributed by atoms with Crippen LogP contribution in [-0.2, 0) is 6.18 Å². The molecule has 132 valence electrons. The minimum atomic E-state index is -4.40. The Morgan fingerprint density at radius 1 is 0.741 bits per heavy atom. The third-order valence-corrected chi connectivity index (χ3v) is 4.78. The fourth-order valence-electron chi connectivity index (χ4n) is 3.54. The lowest BCUT2D eigenvalue weighted by atomic mass is 10.1. The van der Waals surface area contributed by atoms with Crippen LogP contribution in [0, 0.1) is 0 Å². The number of aromatic nitrogens is 2. The summed E-state index contributed by atoms with van der Waals surface area (Å²) in [5, 5.41) is 1.71. The van der Waals surface area contributed by atoms with Crippen molar-refractivity contribution in [1.29, 1.82) is 0 Å². The van der Waals surface area contributed by atoms with E-state index >= 15 is 0 Å². The second-order valence-corrected chi connectivity index (χ2v) is 6.45. The van der Waals surface area contributed by atoms with E-state index in [2.05, 4.69) is 4.98 Å². The van der Waals surface area contributed by atoms with Gasteiger partial charge in [0.15, 0.2) is 0 Å². The minimum absolute atomic E-state index is 0.332. The molecule has 0 atom stereocenters. The third kappa shape index (κ3) is 2.46. The lowest BCUT2D eigenvalue weighted by Crippen LogP contribution is -2.05. The number of halogens is 3. The number of hydrogen-bond acceptors (Lipinski definition) is 1. The van der Waals surface area contributed by atoms with Crippen molar-refractivity contribution in [3.8, 4) is 11.4 Å². The van der Waals surface area contributed by atoms with Crippen LogP contribution in [0.3, 0.4) is 0 Å². The van der Waals surface area contributed by atoms with Crippen LogP contribution in [0.1, 0.15) is 5.56 Å². The van der Waals surface area contributed by atoms with Gasteiger partial charge in [-0.2, -0.15) is 13.2 Å². The summed E-state index contributed by atoms with van der Waals surface area (Å²) >= 11 is 0. The fourth-order valence-corrected chi connectivity index (χ4v) is 3.54. The van der Waals surface area contributed by atoms with Crippen molar-refractivity contribution in [2.45, 2.75) is 6.18 Å². The Hall–Kier alpha value is -3.34. The molecule has 0 aliphatic carbocycles. The molecule has 0 spiro atoms. The number of para-hydroxylation sites is 1. The van der Waals surface area contributed by atoms with Crippen molar-refractivity contribution in [2.24, 2.45) is 0 Å². The first-order valence-corrected chi connectivity index (χ1v) is 8.49. The van der Waals surface area contributed by atoms with Crippen LogP contribution < -0.4 is 0 Å². The lowest BCUT2D eigenvalue weighted by Gasteiger charge is -2.12. The standard InChI is InChI=1S/C22H13F3N2/c23-22(24,25)16-10-11-17-18(13-16)26-21(14-6-2-1-3-7-14)27-19-9-5-4-8-15(19)12-20(17)27/h1-13H. The Kier molecular flexibility index (Phi) is 3.28. The molecule has 5 rings (SSSR count). The molecule has 0 aliphatic heterocycles. The monoisotopic (exact) mass is 362 g/mol. The summed E-state index contributed by atoms with van der Waals surface area (Å²) in [4.78, 5) is 4.63. The quantitative estimate of drug-likeness (QED) is 0.341. The summed E-state index contributed by atoms with van der Waals surface area (Å²) in [5.74, 6) is 0.624. The van der Waals surface area contributed by atoms with E-state index in [-0.39, 0.29) is 0 Å². The molecule has 2 heterocycles. The molecular formula is C22H13F3N2. The van der Waals surface area contributed by atoms with Gasteiger partial charge in [0, 0.05) is 16.3 Å². The summed E-state index contributed by atoms with van der Waals surface area (Å²) in [6, 6.07) is 23.1. The molecule has 27 heavy (non-hydrogen) atoms. The average Bonchev–Trinajstić information content (AvgIpc) is 3.07. The second-order valence-electron chi connectivity index (χ2n) is 6.45. The summed E-state index contributed by atoms with van der Waals surface area (Å²) in [6.07, 6.45) is -4.40. The van der Waals surface area contributed by atoms with Crippen LogP contribution in [0.2, 0.25) is 0 Å². The van der Waals surface area contributed by atoms with E-state index in [1.54, 1.807) is 0 Å². The van der Waals surface area contributed by atoms with E-state index in [1.165, 1.54) is 6.07 Å². The molecule has 0 radical (unpaired) electrons. The highest BCUT2D eigenvalue weighted by atomic mass is 19.4. The molecule has 0 saturated carbocycles. The molecule has 0 amide bonds. The van der Waals surface area contributed by atoms with Crippen molar-refractivity contribution in [1.82, 2.24) is 9.38 Å². The van der Waals surface area contributed by atoms with Crippen LogP contribution in [0.4, 0.5) is 13.2 Å². The maximum atomic E-state index is 13.2. The van der Waals surface area contributed by atoms with Gasteiger partial charge in [-0.15, -0.1) is 0 Å². The number of benzene rings is 3. The van der Waals surface area contributed by atoms with Gasteiger partial charge >= 0.3 is 6.18 Å². The van der Waals surface area contributed by atoms with Gasteiger partial charge in [-0.1, -0.05) is 54.6 Å². The SMILES string of the molecule is FC(F)(F)c1ccc2c(c1)nc(-c1ccccc1)n1c3ccccc3cc21. The first-order valence-electron chi connectivity index (χ1n) is 8.49. The van der Waals surface area contributed by atoms with Crippen molar-refractivity contribution in [2.75, 3.05) is 0 Å². The maximum Gasteiger partial charge on any atom is 0.416 e. The highest BCUT2D eigenvalue weighted by Crippen LogP contribution is 2.35. The van der Waals surface area contributed by atoms with Gasteiger partial charge in [0.05, 0.1) is 22.1 Å². The fraction of sp³-hybridized carbons (Fsp3) is 0.0455. The van der Waals surface area contributed by atoms with Gasteiger partial charge < -0.3 is 0 Å². The first kappa shape index (κ1) is 15.9. The van der Waals surface area contributed by atoms with Gasteiger partial charge in [0.25, 0.3) is 0 Å². The molecule has 0 fully saturated rings. The molecule has 0 unspecified atom stereocenters. The number of fused-ring (bicyclic) bond motifs is 5. The van der Waals surface area contributed by atoms with Gasteiger partial charge in [-0.05, 0) is 24.3 Å². The smallest absolute Gasteiger partial charge is 0.293 e. The van der Waals surface area contributed by atoms with E-state index in [9.17, 15) is 13.2 Å². The Morgan fingerprint density at radius 2 is 1.48 bits per heavy atom. The zero-order chi connectivity index (χ0) is 18.6. The van der Waals surface area contributed by atoms with Crippen LogP contribution in [-0.4, -0.2) is 9.38 Å². The van der Waals surface area contributed by atoms with Crippen LogP contribution in [0.5, 0.6) is 0 Å². The predicted octanol–water partition coefficient (Wildman–Crippen LogP) is 6.33.